The van der Waals surface area contributed by atoms with Crippen molar-refractivity contribution in [2.24, 2.45) is 5.92 Å². The standard InChI is InChI=1S/C11H21N3/c1-10-6-14(9-12-10)8-11-4-3-5-13(2)7-11/h6,11-12H,3-5,7-9H2,1-2H3/t11-/m1/s1. The van der Waals surface area contributed by atoms with Crippen LogP contribution in [0.4, 0.5) is 0 Å². The van der Waals surface area contributed by atoms with E-state index in [9.17, 15) is 0 Å². The van der Waals surface area contributed by atoms with Gasteiger partial charge in [-0.15, -0.1) is 0 Å². The van der Waals surface area contributed by atoms with Crippen LogP contribution in [0.1, 0.15) is 19.8 Å². The summed E-state index contributed by atoms with van der Waals surface area (Å²) in [5, 5.41) is 3.34. The number of nitrogens with one attached hydrogen (secondary N) is 1. The van der Waals surface area contributed by atoms with Gasteiger partial charge in [-0.05, 0) is 39.3 Å². The van der Waals surface area contributed by atoms with E-state index in [2.05, 4.69) is 35.3 Å². The molecule has 1 saturated heterocycles. The first-order chi connectivity index (χ1) is 6.74. The molecular formula is C11H21N3. The molecule has 0 aromatic heterocycles. The number of nitrogens with zero attached hydrogens (tertiary/aromatic N) is 2. The van der Waals surface area contributed by atoms with Crippen molar-refractivity contribution in [1.29, 1.82) is 0 Å². The Morgan fingerprint density at radius 2 is 2.43 bits per heavy atom. The summed E-state index contributed by atoms with van der Waals surface area (Å²) in [6, 6.07) is 0. The summed E-state index contributed by atoms with van der Waals surface area (Å²) in [5.74, 6) is 0.859. The fraction of sp³-hybridized carbons (Fsp3) is 0.818. The molecule has 0 unspecified atom stereocenters. The molecular weight excluding hydrogens is 174 g/mol. The highest BCUT2D eigenvalue weighted by Gasteiger charge is 2.20. The lowest BCUT2D eigenvalue weighted by molar-refractivity contribution is 0.177. The molecule has 14 heavy (non-hydrogen) atoms. The van der Waals surface area contributed by atoms with Crippen LogP contribution in [0.2, 0.25) is 0 Å². The molecule has 1 fully saturated rings. The molecule has 2 aliphatic heterocycles. The Hall–Kier alpha value is -0.700. The first-order valence-electron chi connectivity index (χ1n) is 5.59. The molecule has 2 aliphatic rings. The molecule has 0 amide bonds. The molecule has 3 nitrogen and oxygen atoms in total. The summed E-state index contributed by atoms with van der Waals surface area (Å²) in [6.45, 7) is 6.90. The van der Waals surface area contributed by atoms with Crippen LogP contribution in [0, 0.1) is 5.92 Å². The molecule has 3 heteroatoms. The van der Waals surface area contributed by atoms with Gasteiger partial charge in [0.25, 0.3) is 0 Å². The van der Waals surface area contributed by atoms with Crippen LogP contribution in [0.25, 0.3) is 0 Å². The minimum absolute atomic E-state index is 0.859. The van der Waals surface area contributed by atoms with Gasteiger partial charge in [0.15, 0.2) is 0 Å². The second-order valence-corrected chi connectivity index (χ2v) is 4.69. The third-order valence-corrected chi connectivity index (χ3v) is 3.15. The number of allylic oxidation sites excluding steroid dienone is 1. The van der Waals surface area contributed by atoms with Crippen LogP contribution >= 0.6 is 0 Å². The number of hydrogen-bond donors (Lipinski definition) is 1. The smallest absolute Gasteiger partial charge is 0.0869 e. The van der Waals surface area contributed by atoms with Crippen molar-refractivity contribution in [2.45, 2.75) is 19.8 Å². The number of likely N-dealkylation sites (tertiary alicyclic amines) is 1. The van der Waals surface area contributed by atoms with Crippen LogP contribution in [0.5, 0.6) is 0 Å². The fourth-order valence-corrected chi connectivity index (χ4v) is 2.46. The van der Waals surface area contributed by atoms with Crippen LogP contribution in [-0.2, 0) is 0 Å². The predicted octanol–water partition coefficient (Wildman–Crippen LogP) is 1.05. The van der Waals surface area contributed by atoms with E-state index < -0.39 is 0 Å². The van der Waals surface area contributed by atoms with E-state index in [-0.39, 0.29) is 0 Å². The third kappa shape index (κ3) is 2.41. The first-order valence-corrected chi connectivity index (χ1v) is 5.59. The van der Waals surface area contributed by atoms with Gasteiger partial charge in [0.05, 0.1) is 6.67 Å². The summed E-state index contributed by atoms with van der Waals surface area (Å²) in [4.78, 5) is 4.85. The Morgan fingerprint density at radius 3 is 3.07 bits per heavy atom. The van der Waals surface area contributed by atoms with Crippen molar-refractivity contribution in [3.05, 3.63) is 11.9 Å². The normalized spacial score (nSPS) is 28.9. The molecule has 0 spiro atoms. The molecule has 2 rings (SSSR count). The second kappa shape index (κ2) is 4.22. The maximum Gasteiger partial charge on any atom is 0.0869 e. The number of piperidine rings is 1. The van der Waals surface area contributed by atoms with Crippen molar-refractivity contribution >= 4 is 0 Å². The van der Waals surface area contributed by atoms with E-state index in [1.165, 1.54) is 38.2 Å². The van der Waals surface area contributed by atoms with Gasteiger partial charge in [-0.1, -0.05) is 0 Å². The molecule has 1 atom stereocenters. The van der Waals surface area contributed by atoms with Crippen molar-refractivity contribution in [1.82, 2.24) is 15.1 Å². The molecule has 80 valence electrons. The van der Waals surface area contributed by atoms with Crippen molar-refractivity contribution in [2.75, 3.05) is 33.4 Å². The zero-order valence-corrected chi connectivity index (χ0v) is 9.29. The Kier molecular flexibility index (Phi) is 2.96. The van der Waals surface area contributed by atoms with Gasteiger partial charge in [0, 0.05) is 25.0 Å². The van der Waals surface area contributed by atoms with Crippen LogP contribution < -0.4 is 5.32 Å². The third-order valence-electron chi connectivity index (χ3n) is 3.15. The van der Waals surface area contributed by atoms with Crippen LogP contribution in [0.15, 0.2) is 11.9 Å². The van der Waals surface area contributed by atoms with E-state index in [1.807, 2.05) is 0 Å². The highest BCUT2D eigenvalue weighted by atomic mass is 15.3. The van der Waals surface area contributed by atoms with Crippen molar-refractivity contribution in [3.8, 4) is 0 Å². The Morgan fingerprint density at radius 1 is 1.57 bits per heavy atom. The molecule has 0 aromatic rings. The SMILES string of the molecule is CC1=CN(C[C@@H]2CCCN(C)C2)CN1. The average Bonchev–Trinajstić information content (AvgIpc) is 2.51. The average molecular weight is 195 g/mol. The second-order valence-electron chi connectivity index (χ2n) is 4.69. The van der Waals surface area contributed by atoms with Gasteiger partial charge in [0.2, 0.25) is 0 Å². The zero-order valence-electron chi connectivity index (χ0n) is 9.29. The van der Waals surface area contributed by atoms with Gasteiger partial charge in [-0.25, -0.2) is 0 Å². The Labute approximate surface area is 86.8 Å². The molecule has 2 heterocycles. The van der Waals surface area contributed by atoms with E-state index in [1.54, 1.807) is 0 Å². The van der Waals surface area contributed by atoms with Crippen molar-refractivity contribution in [3.63, 3.8) is 0 Å². The van der Waals surface area contributed by atoms with E-state index in [0.717, 1.165) is 12.6 Å². The van der Waals surface area contributed by atoms with Gasteiger partial charge >= 0.3 is 0 Å². The largest absolute Gasteiger partial charge is 0.370 e. The molecule has 0 aromatic carbocycles. The Balaban J connectivity index is 1.79. The summed E-state index contributed by atoms with van der Waals surface area (Å²) < 4.78 is 0. The molecule has 0 saturated carbocycles. The topological polar surface area (TPSA) is 18.5 Å². The molecule has 0 radical (unpaired) electrons. The lowest BCUT2D eigenvalue weighted by Gasteiger charge is -2.32. The van der Waals surface area contributed by atoms with Gasteiger partial charge in [-0.3, -0.25) is 0 Å². The van der Waals surface area contributed by atoms with Crippen LogP contribution in [0.3, 0.4) is 0 Å². The summed E-state index contributed by atoms with van der Waals surface area (Å²) in [7, 11) is 2.23. The lowest BCUT2D eigenvalue weighted by Crippen LogP contribution is -2.38. The minimum Gasteiger partial charge on any atom is -0.370 e. The minimum atomic E-state index is 0.859. The highest BCUT2D eigenvalue weighted by Crippen LogP contribution is 2.17. The maximum absolute atomic E-state index is 3.34. The maximum atomic E-state index is 3.34. The van der Waals surface area contributed by atoms with E-state index >= 15 is 0 Å². The van der Waals surface area contributed by atoms with E-state index in [0.29, 0.717) is 0 Å². The first kappa shape index (κ1) is 9.84. The molecule has 1 N–H and O–H groups in total. The fourth-order valence-electron chi connectivity index (χ4n) is 2.46. The predicted molar refractivity (Wildman–Crippen MR) is 58.7 cm³/mol. The van der Waals surface area contributed by atoms with Gasteiger partial charge < -0.3 is 15.1 Å². The molecule has 0 bridgehead atoms. The summed E-state index contributed by atoms with van der Waals surface area (Å²) in [5.41, 5.74) is 1.30. The van der Waals surface area contributed by atoms with Crippen LogP contribution in [-0.4, -0.2) is 43.2 Å². The lowest BCUT2D eigenvalue weighted by atomic mass is 9.98. The quantitative estimate of drug-likeness (QED) is 0.710. The Bertz CT molecular complexity index is 225. The number of hydrogen-bond acceptors (Lipinski definition) is 3. The summed E-state index contributed by atoms with van der Waals surface area (Å²) in [6.07, 6.45) is 5.01. The van der Waals surface area contributed by atoms with Gasteiger partial charge in [0.1, 0.15) is 0 Å². The van der Waals surface area contributed by atoms with Crippen molar-refractivity contribution < 1.29 is 0 Å². The number of rotatable bonds is 2. The summed E-state index contributed by atoms with van der Waals surface area (Å²) >= 11 is 0. The van der Waals surface area contributed by atoms with Gasteiger partial charge in [-0.2, -0.15) is 0 Å². The zero-order chi connectivity index (χ0) is 9.97. The monoisotopic (exact) mass is 195 g/mol. The highest BCUT2D eigenvalue weighted by molar-refractivity contribution is 5.01. The van der Waals surface area contributed by atoms with E-state index in [4.69, 9.17) is 0 Å². The molecule has 0 aliphatic carbocycles.